The van der Waals surface area contributed by atoms with Gasteiger partial charge in [-0.15, -0.1) is 0 Å². The van der Waals surface area contributed by atoms with Gasteiger partial charge in [0.05, 0.1) is 34.0 Å². The van der Waals surface area contributed by atoms with Gasteiger partial charge in [0.15, 0.2) is 0 Å². The van der Waals surface area contributed by atoms with Gasteiger partial charge in [-0.1, -0.05) is 18.2 Å². The molecule has 0 saturated heterocycles. The Morgan fingerprint density at radius 1 is 1.17 bits per heavy atom. The number of nitrogens with one attached hydrogen (secondary N) is 1. The molecule has 1 aliphatic carbocycles. The SMILES string of the molecule is Cn1c(=O)c2cc(S(=O)(=O)NC3(C)CC3)ccc2n(Cc2ccccc2C#N)c1=O. The molecule has 0 unspecified atom stereocenters. The molecule has 3 aromatic rings. The quantitative estimate of drug-likeness (QED) is 0.666. The molecule has 1 fully saturated rings. The Morgan fingerprint density at radius 3 is 2.53 bits per heavy atom. The first-order valence-electron chi connectivity index (χ1n) is 9.41. The van der Waals surface area contributed by atoms with Crippen LogP contribution < -0.4 is 16.0 Å². The second-order valence-electron chi connectivity index (χ2n) is 7.85. The van der Waals surface area contributed by atoms with Gasteiger partial charge in [0.25, 0.3) is 5.56 Å². The molecule has 154 valence electrons. The van der Waals surface area contributed by atoms with Gasteiger partial charge in [-0.3, -0.25) is 13.9 Å². The molecule has 1 heterocycles. The Hall–Kier alpha value is -3.22. The first-order chi connectivity index (χ1) is 14.1. The maximum Gasteiger partial charge on any atom is 0.331 e. The van der Waals surface area contributed by atoms with Crippen LogP contribution in [0.5, 0.6) is 0 Å². The number of hydrogen-bond acceptors (Lipinski definition) is 5. The summed E-state index contributed by atoms with van der Waals surface area (Å²) >= 11 is 0. The van der Waals surface area contributed by atoms with E-state index in [0.29, 0.717) is 16.6 Å². The summed E-state index contributed by atoms with van der Waals surface area (Å²) in [6.45, 7) is 1.91. The van der Waals surface area contributed by atoms with Crippen LogP contribution in [0, 0.1) is 11.3 Å². The predicted molar refractivity (Wildman–Crippen MR) is 112 cm³/mol. The van der Waals surface area contributed by atoms with E-state index in [4.69, 9.17) is 0 Å². The van der Waals surface area contributed by atoms with Crippen LogP contribution in [0.15, 0.2) is 56.9 Å². The van der Waals surface area contributed by atoms with Crippen LogP contribution in [0.25, 0.3) is 10.9 Å². The largest absolute Gasteiger partial charge is 0.331 e. The standard InChI is InChI=1S/C21H20N4O4S/c1-21(9-10-21)23-30(28,29)16-7-8-18-17(11-16)19(26)24(2)20(27)25(18)13-15-6-4-3-5-14(15)12-22/h3-8,11,23H,9-10,13H2,1-2H3. The highest BCUT2D eigenvalue weighted by atomic mass is 32.2. The summed E-state index contributed by atoms with van der Waals surface area (Å²) in [5, 5.41) is 9.46. The van der Waals surface area contributed by atoms with E-state index in [0.717, 1.165) is 17.4 Å². The van der Waals surface area contributed by atoms with E-state index in [1.807, 2.05) is 6.92 Å². The molecule has 0 amide bonds. The highest BCUT2D eigenvalue weighted by Crippen LogP contribution is 2.36. The van der Waals surface area contributed by atoms with Crippen molar-refractivity contribution in [2.75, 3.05) is 0 Å². The lowest BCUT2D eigenvalue weighted by Gasteiger charge is -2.15. The number of rotatable bonds is 5. The van der Waals surface area contributed by atoms with E-state index in [2.05, 4.69) is 10.8 Å². The number of nitrogens with zero attached hydrogens (tertiary/aromatic N) is 3. The van der Waals surface area contributed by atoms with Gasteiger partial charge in [-0.2, -0.15) is 5.26 Å². The van der Waals surface area contributed by atoms with Crippen LogP contribution in [0.4, 0.5) is 0 Å². The van der Waals surface area contributed by atoms with Crippen LogP contribution in [0.3, 0.4) is 0 Å². The molecule has 4 rings (SSSR count). The zero-order valence-corrected chi connectivity index (χ0v) is 17.4. The summed E-state index contributed by atoms with van der Waals surface area (Å²) in [5.41, 5.74) is -0.200. The van der Waals surface area contributed by atoms with Crippen LogP contribution >= 0.6 is 0 Å². The predicted octanol–water partition coefficient (Wildman–Crippen LogP) is 1.45. The number of hydrogen-bond donors (Lipinski definition) is 1. The summed E-state index contributed by atoms with van der Waals surface area (Å²) < 4.78 is 30.4. The zero-order chi connectivity index (χ0) is 21.7. The fourth-order valence-electron chi connectivity index (χ4n) is 3.40. The smallest absolute Gasteiger partial charge is 0.289 e. The normalized spacial score (nSPS) is 15.1. The highest BCUT2D eigenvalue weighted by Gasteiger charge is 2.41. The molecule has 0 radical (unpaired) electrons. The van der Waals surface area contributed by atoms with Crippen LogP contribution in [0.2, 0.25) is 0 Å². The Balaban J connectivity index is 1.89. The van der Waals surface area contributed by atoms with Crippen molar-refractivity contribution in [2.45, 2.75) is 36.7 Å². The van der Waals surface area contributed by atoms with E-state index in [1.165, 1.54) is 29.8 Å². The van der Waals surface area contributed by atoms with E-state index < -0.39 is 26.8 Å². The molecule has 1 aromatic heterocycles. The fraction of sp³-hybridized carbons (Fsp3) is 0.286. The van der Waals surface area contributed by atoms with Crippen molar-refractivity contribution in [1.82, 2.24) is 13.9 Å². The second-order valence-corrected chi connectivity index (χ2v) is 9.53. The molecule has 1 N–H and O–H groups in total. The maximum absolute atomic E-state index is 12.8. The Bertz CT molecular complexity index is 1440. The van der Waals surface area contributed by atoms with Crippen molar-refractivity contribution in [2.24, 2.45) is 7.05 Å². The molecule has 9 heteroatoms. The zero-order valence-electron chi connectivity index (χ0n) is 16.5. The minimum atomic E-state index is -3.80. The number of fused-ring (bicyclic) bond motifs is 1. The number of benzene rings is 2. The van der Waals surface area contributed by atoms with Crippen LogP contribution in [-0.2, 0) is 23.6 Å². The molecule has 1 aliphatic rings. The third-order valence-corrected chi connectivity index (χ3v) is 7.11. The second kappa shape index (κ2) is 6.93. The van der Waals surface area contributed by atoms with Crippen molar-refractivity contribution in [3.8, 4) is 6.07 Å². The first kappa shape index (κ1) is 20.1. The molecule has 8 nitrogen and oxygen atoms in total. The molecular formula is C21H20N4O4S. The monoisotopic (exact) mass is 424 g/mol. The van der Waals surface area contributed by atoms with Crippen molar-refractivity contribution >= 4 is 20.9 Å². The molecule has 0 spiro atoms. The molecule has 1 saturated carbocycles. The van der Waals surface area contributed by atoms with Gasteiger partial charge in [-0.25, -0.2) is 17.9 Å². The molecular weight excluding hydrogens is 404 g/mol. The van der Waals surface area contributed by atoms with Crippen molar-refractivity contribution in [3.63, 3.8) is 0 Å². The van der Waals surface area contributed by atoms with Crippen LogP contribution in [0.1, 0.15) is 30.9 Å². The van der Waals surface area contributed by atoms with Crippen molar-refractivity contribution in [3.05, 3.63) is 74.4 Å². The van der Waals surface area contributed by atoms with Gasteiger partial charge < -0.3 is 0 Å². The van der Waals surface area contributed by atoms with Gasteiger partial charge in [0, 0.05) is 12.6 Å². The van der Waals surface area contributed by atoms with Gasteiger partial charge in [-0.05, 0) is 49.6 Å². The summed E-state index contributed by atoms with van der Waals surface area (Å²) in [5.74, 6) is 0. The summed E-state index contributed by atoms with van der Waals surface area (Å²) in [4.78, 5) is 25.5. The van der Waals surface area contributed by atoms with Gasteiger partial charge in [0.1, 0.15) is 0 Å². The first-order valence-corrected chi connectivity index (χ1v) is 10.9. The molecule has 2 aromatic carbocycles. The lowest BCUT2D eigenvalue weighted by Crippen LogP contribution is -2.39. The number of sulfonamides is 1. The summed E-state index contributed by atoms with van der Waals surface area (Å²) in [6, 6.07) is 13.1. The van der Waals surface area contributed by atoms with E-state index in [-0.39, 0.29) is 16.8 Å². The maximum atomic E-state index is 12.8. The minimum Gasteiger partial charge on any atom is -0.289 e. The highest BCUT2D eigenvalue weighted by molar-refractivity contribution is 7.89. The average Bonchev–Trinajstić information content (AvgIpc) is 3.45. The minimum absolute atomic E-state index is 0.0251. The topological polar surface area (TPSA) is 114 Å². The lowest BCUT2D eigenvalue weighted by molar-refractivity contribution is 0.558. The van der Waals surface area contributed by atoms with Gasteiger partial charge in [0.2, 0.25) is 10.0 Å². The third-order valence-electron chi connectivity index (χ3n) is 5.47. The van der Waals surface area contributed by atoms with Gasteiger partial charge >= 0.3 is 5.69 Å². The molecule has 0 bridgehead atoms. The van der Waals surface area contributed by atoms with Crippen molar-refractivity contribution in [1.29, 1.82) is 5.26 Å². The lowest BCUT2D eigenvalue weighted by atomic mass is 10.1. The fourth-order valence-corrected chi connectivity index (χ4v) is 4.89. The van der Waals surface area contributed by atoms with E-state index in [9.17, 15) is 23.3 Å². The van der Waals surface area contributed by atoms with Crippen molar-refractivity contribution < 1.29 is 8.42 Å². The molecule has 30 heavy (non-hydrogen) atoms. The summed E-state index contributed by atoms with van der Waals surface area (Å²) in [7, 11) is -2.45. The average molecular weight is 424 g/mol. The number of nitriles is 1. The summed E-state index contributed by atoms with van der Waals surface area (Å²) in [6.07, 6.45) is 1.53. The van der Waals surface area contributed by atoms with Crippen LogP contribution in [-0.4, -0.2) is 23.1 Å². The molecule has 0 aliphatic heterocycles. The molecule has 0 atom stereocenters. The van der Waals surface area contributed by atoms with E-state index >= 15 is 0 Å². The van der Waals surface area contributed by atoms with E-state index in [1.54, 1.807) is 24.3 Å². The Labute approximate surface area is 173 Å². The Kier molecular flexibility index (Phi) is 4.64. The Morgan fingerprint density at radius 2 is 1.87 bits per heavy atom. The number of aromatic nitrogens is 2. The third kappa shape index (κ3) is 3.44.